The van der Waals surface area contributed by atoms with Gasteiger partial charge in [0.2, 0.25) is 0 Å². The van der Waals surface area contributed by atoms with Crippen molar-refractivity contribution in [3.05, 3.63) is 0 Å². The van der Waals surface area contributed by atoms with Crippen LogP contribution in [0.4, 0.5) is 0 Å². The molecule has 0 aromatic rings. The third kappa shape index (κ3) is 4.84. The second-order valence-corrected chi connectivity index (χ2v) is 5.81. The quantitative estimate of drug-likeness (QED) is 0.731. The van der Waals surface area contributed by atoms with Gasteiger partial charge in [-0.3, -0.25) is 0 Å². The highest BCUT2D eigenvalue weighted by Gasteiger charge is 2.23. The number of rotatable bonds is 6. The van der Waals surface area contributed by atoms with Crippen LogP contribution in [0.5, 0.6) is 0 Å². The molecule has 0 aliphatic heterocycles. The fourth-order valence-electron chi connectivity index (χ4n) is 2.96. The molecule has 2 unspecified atom stereocenters. The maximum absolute atomic E-state index is 9.21. The van der Waals surface area contributed by atoms with E-state index in [4.69, 9.17) is 0 Å². The SMILES string of the molecule is CC[C@H](CO)NC1CCCC(CC(C)C)C1. The normalized spacial score (nSPS) is 28.3. The Balaban J connectivity index is 2.32. The summed E-state index contributed by atoms with van der Waals surface area (Å²) in [4.78, 5) is 0. The van der Waals surface area contributed by atoms with Crippen molar-refractivity contribution in [1.82, 2.24) is 5.32 Å². The average Bonchev–Trinajstić information content (AvgIpc) is 2.25. The zero-order valence-electron chi connectivity index (χ0n) is 11.2. The Morgan fingerprint density at radius 1 is 1.31 bits per heavy atom. The van der Waals surface area contributed by atoms with Gasteiger partial charge < -0.3 is 10.4 Å². The van der Waals surface area contributed by atoms with E-state index in [0.717, 1.165) is 18.3 Å². The van der Waals surface area contributed by atoms with Crippen LogP contribution in [0.1, 0.15) is 59.3 Å². The van der Waals surface area contributed by atoms with E-state index in [0.29, 0.717) is 12.1 Å². The zero-order chi connectivity index (χ0) is 12.0. The van der Waals surface area contributed by atoms with Crippen molar-refractivity contribution in [3.63, 3.8) is 0 Å². The maximum Gasteiger partial charge on any atom is 0.0584 e. The molecule has 2 N–H and O–H groups in total. The standard InChI is InChI=1S/C14H29NO/c1-4-13(10-16)15-14-7-5-6-12(9-14)8-11(2)3/h11-16H,4-10H2,1-3H3/t12?,13-,14?/m1/s1. The summed E-state index contributed by atoms with van der Waals surface area (Å²) in [7, 11) is 0. The molecule has 1 aliphatic carbocycles. The molecule has 0 radical (unpaired) electrons. The van der Waals surface area contributed by atoms with Crippen molar-refractivity contribution >= 4 is 0 Å². The summed E-state index contributed by atoms with van der Waals surface area (Å²) < 4.78 is 0. The molecular weight excluding hydrogens is 198 g/mol. The lowest BCUT2D eigenvalue weighted by atomic mass is 9.81. The second-order valence-electron chi connectivity index (χ2n) is 5.81. The third-order valence-electron chi connectivity index (χ3n) is 3.77. The predicted molar refractivity (Wildman–Crippen MR) is 69.5 cm³/mol. The fourth-order valence-corrected chi connectivity index (χ4v) is 2.96. The van der Waals surface area contributed by atoms with Crippen LogP contribution in [0, 0.1) is 11.8 Å². The molecule has 0 amide bonds. The zero-order valence-corrected chi connectivity index (χ0v) is 11.2. The largest absolute Gasteiger partial charge is 0.395 e. The number of hydrogen-bond acceptors (Lipinski definition) is 2. The molecule has 1 aliphatic rings. The number of hydrogen-bond donors (Lipinski definition) is 2. The monoisotopic (exact) mass is 227 g/mol. The predicted octanol–water partition coefficient (Wildman–Crippen LogP) is 2.95. The molecule has 0 bridgehead atoms. The molecule has 1 rings (SSSR count). The van der Waals surface area contributed by atoms with Crippen molar-refractivity contribution < 1.29 is 5.11 Å². The summed E-state index contributed by atoms with van der Waals surface area (Å²) in [5.74, 6) is 1.73. The van der Waals surface area contributed by atoms with E-state index in [1.807, 2.05) is 0 Å². The maximum atomic E-state index is 9.21. The van der Waals surface area contributed by atoms with Crippen LogP contribution in [0.15, 0.2) is 0 Å². The van der Waals surface area contributed by atoms with Crippen LogP contribution < -0.4 is 5.32 Å². The molecule has 1 saturated carbocycles. The first-order chi connectivity index (χ1) is 7.65. The summed E-state index contributed by atoms with van der Waals surface area (Å²) in [6, 6.07) is 0.956. The molecule has 0 aromatic heterocycles. The van der Waals surface area contributed by atoms with Gasteiger partial charge in [0, 0.05) is 12.1 Å². The van der Waals surface area contributed by atoms with Crippen molar-refractivity contribution in [1.29, 1.82) is 0 Å². The van der Waals surface area contributed by atoms with E-state index in [1.54, 1.807) is 0 Å². The Morgan fingerprint density at radius 3 is 2.62 bits per heavy atom. The van der Waals surface area contributed by atoms with Crippen LogP contribution in [0.3, 0.4) is 0 Å². The Labute approximate surface area is 101 Å². The minimum Gasteiger partial charge on any atom is -0.395 e. The molecule has 0 saturated heterocycles. The molecular formula is C14H29NO. The first-order valence-corrected chi connectivity index (χ1v) is 7.02. The van der Waals surface area contributed by atoms with E-state index >= 15 is 0 Å². The van der Waals surface area contributed by atoms with Gasteiger partial charge in [-0.05, 0) is 37.5 Å². The highest BCUT2D eigenvalue weighted by molar-refractivity contribution is 4.81. The van der Waals surface area contributed by atoms with Crippen LogP contribution in [-0.2, 0) is 0 Å². The molecule has 2 heteroatoms. The van der Waals surface area contributed by atoms with Gasteiger partial charge in [0.1, 0.15) is 0 Å². The van der Waals surface area contributed by atoms with Crippen molar-refractivity contribution in [2.24, 2.45) is 11.8 Å². The Kier molecular flexibility index (Phi) is 6.37. The average molecular weight is 227 g/mol. The van der Waals surface area contributed by atoms with Gasteiger partial charge in [-0.2, -0.15) is 0 Å². The fraction of sp³-hybridized carbons (Fsp3) is 1.00. The Bertz CT molecular complexity index is 178. The smallest absolute Gasteiger partial charge is 0.0584 e. The van der Waals surface area contributed by atoms with Gasteiger partial charge in [0.15, 0.2) is 0 Å². The summed E-state index contributed by atoms with van der Waals surface area (Å²) in [5, 5.41) is 12.8. The minimum absolute atomic E-state index is 0.280. The van der Waals surface area contributed by atoms with Gasteiger partial charge in [0.25, 0.3) is 0 Å². The summed E-state index contributed by atoms with van der Waals surface area (Å²) >= 11 is 0. The van der Waals surface area contributed by atoms with Crippen molar-refractivity contribution in [2.75, 3.05) is 6.61 Å². The molecule has 2 nitrogen and oxygen atoms in total. The van der Waals surface area contributed by atoms with Gasteiger partial charge in [0.05, 0.1) is 6.61 Å². The molecule has 0 aromatic carbocycles. The second kappa shape index (κ2) is 7.29. The molecule has 96 valence electrons. The first-order valence-electron chi connectivity index (χ1n) is 7.02. The van der Waals surface area contributed by atoms with Gasteiger partial charge in [-0.1, -0.05) is 33.6 Å². The first kappa shape index (κ1) is 14.0. The molecule has 0 heterocycles. The molecule has 0 spiro atoms. The van der Waals surface area contributed by atoms with Crippen LogP contribution >= 0.6 is 0 Å². The van der Waals surface area contributed by atoms with E-state index in [-0.39, 0.29) is 6.61 Å². The number of aliphatic hydroxyl groups excluding tert-OH is 1. The third-order valence-corrected chi connectivity index (χ3v) is 3.77. The van der Waals surface area contributed by atoms with Crippen LogP contribution in [-0.4, -0.2) is 23.8 Å². The van der Waals surface area contributed by atoms with Crippen molar-refractivity contribution in [2.45, 2.75) is 71.4 Å². The van der Waals surface area contributed by atoms with E-state index in [2.05, 4.69) is 26.1 Å². The van der Waals surface area contributed by atoms with Crippen LogP contribution in [0.25, 0.3) is 0 Å². The molecule has 16 heavy (non-hydrogen) atoms. The lowest BCUT2D eigenvalue weighted by Gasteiger charge is -2.33. The highest BCUT2D eigenvalue weighted by atomic mass is 16.3. The van der Waals surface area contributed by atoms with E-state index in [1.165, 1.54) is 32.1 Å². The highest BCUT2D eigenvalue weighted by Crippen LogP contribution is 2.29. The number of aliphatic hydroxyl groups is 1. The minimum atomic E-state index is 0.280. The topological polar surface area (TPSA) is 32.3 Å². The van der Waals surface area contributed by atoms with Gasteiger partial charge in [-0.15, -0.1) is 0 Å². The Hall–Kier alpha value is -0.0800. The summed E-state index contributed by atoms with van der Waals surface area (Å²) in [6.07, 6.45) is 7.78. The van der Waals surface area contributed by atoms with E-state index < -0.39 is 0 Å². The molecule has 1 fully saturated rings. The van der Waals surface area contributed by atoms with Gasteiger partial charge in [-0.25, -0.2) is 0 Å². The summed E-state index contributed by atoms with van der Waals surface area (Å²) in [6.45, 7) is 7.06. The summed E-state index contributed by atoms with van der Waals surface area (Å²) in [5.41, 5.74) is 0. The lowest BCUT2D eigenvalue weighted by Crippen LogP contribution is -2.42. The molecule has 3 atom stereocenters. The van der Waals surface area contributed by atoms with Gasteiger partial charge >= 0.3 is 0 Å². The Morgan fingerprint density at radius 2 is 2.06 bits per heavy atom. The van der Waals surface area contributed by atoms with E-state index in [9.17, 15) is 5.11 Å². The van der Waals surface area contributed by atoms with Crippen LogP contribution in [0.2, 0.25) is 0 Å². The van der Waals surface area contributed by atoms with Crippen molar-refractivity contribution in [3.8, 4) is 0 Å². The lowest BCUT2D eigenvalue weighted by molar-refractivity contribution is 0.192. The number of nitrogens with one attached hydrogen (secondary N) is 1.